The van der Waals surface area contributed by atoms with Gasteiger partial charge in [0.05, 0.1) is 12.3 Å². The van der Waals surface area contributed by atoms with Crippen LogP contribution >= 0.6 is 0 Å². The zero-order valence-electron chi connectivity index (χ0n) is 14.8. The molecule has 3 atom stereocenters. The second kappa shape index (κ2) is 6.21. The number of ether oxygens (including phenoxy) is 1. The molecule has 3 aliphatic rings. The molecule has 5 rings (SSSR count). The average molecular weight is 342 g/mol. The molecule has 3 unspecified atom stereocenters. The Kier molecular flexibility index (Phi) is 3.86. The van der Waals surface area contributed by atoms with E-state index in [0.29, 0.717) is 12.4 Å². The van der Waals surface area contributed by atoms with Crippen molar-refractivity contribution in [1.29, 1.82) is 0 Å². The highest BCUT2D eigenvalue weighted by molar-refractivity contribution is 5.47. The normalized spacial score (nSPS) is 29.8. The van der Waals surface area contributed by atoms with Crippen LogP contribution in [0.15, 0.2) is 12.4 Å². The van der Waals surface area contributed by atoms with Crippen LogP contribution in [-0.2, 0) is 11.3 Å². The Morgan fingerprint density at radius 3 is 2.76 bits per heavy atom. The van der Waals surface area contributed by atoms with Crippen molar-refractivity contribution in [2.45, 2.75) is 38.3 Å². The van der Waals surface area contributed by atoms with Crippen LogP contribution in [-0.4, -0.2) is 63.8 Å². The molecule has 3 heterocycles. The molecular weight excluding hydrogens is 316 g/mol. The van der Waals surface area contributed by atoms with Crippen molar-refractivity contribution >= 4 is 11.6 Å². The van der Waals surface area contributed by atoms with Crippen LogP contribution in [0.2, 0.25) is 0 Å². The highest BCUT2D eigenvalue weighted by Gasteiger charge is 2.42. The summed E-state index contributed by atoms with van der Waals surface area (Å²) in [7, 11) is 1.70. The van der Waals surface area contributed by atoms with Crippen LogP contribution in [0.5, 0.6) is 0 Å². The summed E-state index contributed by atoms with van der Waals surface area (Å²) >= 11 is 0. The molecule has 2 aromatic rings. The first-order chi connectivity index (χ1) is 12.3. The van der Waals surface area contributed by atoms with Gasteiger partial charge in [-0.1, -0.05) is 6.42 Å². The highest BCUT2D eigenvalue weighted by Crippen LogP contribution is 2.46. The van der Waals surface area contributed by atoms with Crippen molar-refractivity contribution in [3.05, 3.63) is 18.1 Å². The van der Waals surface area contributed by atoms with Crippen LogP contribution in [0.1, 0.15) is 31.4 Å². The third-order valence-electron chi connectivity index (χ3n) is 6.39. The molecule has 0 aromatic carbocycles. The Morgan fingerprint density at radius 2 is 2.04 bits per heavy atom. The lowest BCUT2D eigenvalue weighted by Crippen LogP contribution is -2.52. The Bertz CT molecular complexity index is 753. The van der Waals surface area contributed by atoms with E-state index in [1.54, 1.807) is 13.4 Å². The van der Waals surface area contributed by atoms with Crippen LogP contribution in [0.3, 0.4) is 0 Å². The predicted molar refractivity (Wildman–Crippen MR) is 94.5 cm³/mol. The van der Waals surface area contributed by atoms with Crippen LogP contribution in [0.4, 0.5) is 5.82 Å². The van der Waals surface area contributed by atoms with Gasteiger partial charge in [-0.05, 0) is 31.1 Å². The number of nitrogens with zero attached hydrogens (tertiary/aromatic N) is 6. The maximum absolute atomic E-state index is 5.26. The molecule has 25 heavy (non-hydrogen) atoms. The summed E-state index contributed by atoms with van der Waals surface area (Å²) in [4.78, 5) is 13.9. The lowest BCUT2D eigenvalue weighted by atomic mass is 9.93. The standard InChI is InChI=1S/C18H26N6O/c1-25-11-15-10-17(24-18(21-15)19-12-20-24)23-6-4-22(5-7-23)16-9-13-2-3-14(16)8-13/h10,12-14,16H,2-9,11H2,1H3. The molecule has 2 aromatic heterocycles. The first-order valence-electron chi connectivity index (χ1n) is 9.49. The van der Waals surface area contributed by atoms with Crippen LogP contribution in [0, 0.1) is 11.8 Å². The number of rotatable bonds is 4. The molecule has 0 amide bonds. The Balaban J connectivity index is 1.33. The van der Waals surface area contributed by atoms with Gasteiger partial charge in [-0.3, -0.25) is 4.90 Å². The van der Waals surface area contributed by atoms with Crippen molar-refractivity contribution in [3.8, 4) is 0 Å². The first kappa shape index (κ1) is 15.5. The largest absolute Gasteiger partial charge is 0.378 e. The molecule has 0 radical (unpaired) electrons. The van der Waals surface area contributed by atoms with E-state index in [1.807, 2.05) is 4.52 Å². The smallest absolute Gasteiger partial charge is 0.254 e. The van der Waals surface area contributed by atoms with Gasteiger partial charge in [0.2, 0.25) is 0 Å². The topological polar surface area (TPSA) is 58.8 Å². The van der Waals surface area contributed by atoms with Gasteiger partial charge in [0.1, 0.15) is 12.1 Å². The van der Waals surface area contributed by atoms with E-state index in [0.717, 1.165) is 55.6 Å². The van der Waals surface area contributed by atoms with E-state index in [-0.39, 0.29) is 0 Å². The molecule has 7 heteroatoms. The van der Waals surface area contributed by atoms with Crippen molar-refractivity contribution in [3.63, 3.8) is 0 Å². The molecule has 2 aliphatic carbocycles. The van der Waals surface area contributed by atoms with Gasteiger partial charge in [-0.15, -0.1) is 0 Å². The number of methoxy groups -OCH3 is 1. The molecule has 1 aliphatic heterocycles. The lowest BCUT2D eigenvalue weighted by molar-refractivity contribution is 0.134. The maximum atomic E-state index is 5.26. The van der Waals surface area contributed by atoms with Crippen molar-refractivity contribution in [2.24, 2.45) is 11.8 Å². The monoisotopic (exact) mass is 342 g/mol. The number of hydrogen-bond acceptors (Lipinski definition) is 6. The zero-order chi connectivity index (χ0) is 16.8. The van der Waals surface area contributed by atoms with Crippen molar-refractivity contribution in [2.75, 3.05) is 38.2 Å². The van der Waals surface area contributed by atoms with Crippen LogP contribution in [0.25, 0.3) is 5.78 Å². The Labute approximate surface area is 148 Å². The van der Waals surface area contributed by atoms with Crippen molar-refractivity contribution in [1.82, 2.24) is 24.5 Å². The van der Waals surface area contributed by atoms with Gasteiger partial charge in [-0.25, -0.2) is 4.98 Å². The number of aromatic nitrogens is 4. The first-order valence-corrected chi connectivity index (χ1v) is 9.49. The zero-order valence-corrected chi connectivity index (χ0v) is 14.8. The minimum absolute atomic E-state index is 0.501. The van der Waals surface area contributed by atoms with Gasteiger partial charge in [0.15, 0.2) is 0 Å². The molecule has 2 saturated carbocycles. The third-order valence-corrected chi connectivity index (χ3v) is 6.39. The second-order valence-electron chi connectivity index (χ2n) is 7.78. The molecule has 0 spiro atoms. The van der Waals surface area contributed by atoms with E-state index >= 15 is 0 Å². The Morgan fingerprint density at radius 1 is 1.16 bits per heavy atom. The van der Waals surface area contributed by atoms with Gasteiger partial charge in [-0.2, -0.15) is 14.6 Å². The van der Waals surface area contributed by atoms with E-state index in [2.05, 4.69) is 30.9 Å². The summed E-state index contributed by atoms with van der Waals surface area (Å²) in [5.41, 5.74) is 0.911. The third kappa shape index (κ3) is 2.69. The molecule has 3 fully saturated rings. The van der Waals surface area contributed by atoms with Gasteiger partial charge in [0.25, 0.3) is 5.78 Å². The molecular formula is C18H26N6O. The highest BCUT2D eigenvalue weighted by atomic mass is 16.5. The minimum atomic E-state index is 0.501. The quantitative estimate of drug-likeness (QED) is 0.841. The summed E-state index contributed by atoms with van der Waals surface area (Å²) in [6.45, 7) is 4.87. The summed E-state index contributed by atoms with van der Waals surface area (Å²) in [5.74, 6) is 3.72. The lowest BCUT2D eigenvalue weighted by Gasteiger charge is -2.41. The fraction of sp³-hybridized carbons (Fsp3) is 0.722. The maximum Gasteiger partial charge on any atom is 0.254 e. The molecule has 0 N–H and O–H groups in total. The molecule has 7 nitrogen and oxygen atoms in total. The fourth-order valence-electron chi connectivity index (χ4n) is 5.23. The van der Waals surface area contributed by atoms with Crippen LogP contribution < -0.4 is 4.90 Å². The number of hydrogen-bond donors (Lipinski definition) is 0. The van der Waals surface area contributed by atoms with Gasteiger partial charge < -0.3 is 9.64 Å². The summed E-state index contributed by atoms with van der Waals surface area (Å²) < 4.78 is 7.12. The average Bonchev–Trinajstić information content (AvgIpc) is 3.38. The van der Waals surface area contributed by atoms with Crippen molar-refractivity contribution < 1.29 is 4.74 Å². The van der Waals surface area contributed by atoms with E-state index in [4.69, 9.17) is 4.74 Å². The van der Waals surface area contributed by atoms with E-state index in [1.165, 1.54) is 25.7 Å². The van der Waals surface area contributed by atoms with Gasteiger partial charge in [0, 0.05) is 45.4 Å². The van der Waals surface area contributed by atoms with E-state index in [9.17, 15) is 0 Å². The second-order valence-corrected chi connectivity index (χ2v) is 7.78. The molecule has 134 valence electrons. The number of anilines is 1. The number of fused-ring (bicyclic) bond motifs is 3. The summed E-state index contributed by atoms with van der Waals surface area (Å²) in [5, 5.41) is 4.37. The predicted octanol–water partition coefficient (Wildman–Crippen LogP) is 1.58. The molecule has 1 saturated heterocycles. The minimum Gasteiger partial charge on any atom is -0.378 e. The van der Waals surface area contributed by atoms with Gasteiger partial charge >= 0.3 is 0 Å². The summed E-state index contributed by atoms with van der Waals surface area (Å²) in [6.07, 6.45) is 7.43. The summed E-state index contributed by atoms with van der Waals surface area (Å²) in [6, 6.07) is 2.94. The SMILES string of the molecule is COCc1cc(N2CCN(C3CC4CCC3C4)CC2)n2ncnc2n1. The fourth-order valence-corrected chi connectivity index (χ4v) is 5.23. The Hall–Kier alpha value is -1.73. The van der Waals surface area contributed by atoms with E-state index < -0.39 is 0 Å². The number of piperazine rings is 1. The molecule has 2 bridgehead atoms.